The van der Waals surface area contributed by atoms with Gasteiger partial charge in [0.2, 0.25) is 11.8 Å². The Morgan fingerprint density at radius 1 is 1.05 bits per heavy atom. The number of nitrogens with one attached hydrogen (secondary N) is 3. The normalized spacial score (nSPS) is 18.9. The summed E-state index contributed by atoms with van der Waals surface area (Å²) in [4.78, 5) is 45.7. The molecule has 3 heterocycles. The topological polar surface area (TPSA) is 94.3 Å². The molecule has 0 saturated heterocycles. The van der Waals surface area contributed by atoms with Gasteiger partial charge in [-0.25, -0.2) is 0 Å². The predicted molar refractivity (Wildman–Crippen MR) is 144 cm³/mol. The minimum absolute atomic E-state index is 0.0888. The Labute approximate surface area is 218 Å². The highest BCUT2D eigenvalue weighted by Crippen LogP contribution is 2.46. The van der Waals surface area contributed by atoms with E-state index in [1.165, 1.54) is 0 Å². The van der Waals surface area contributed by atoms with Crippen LogP contribution < -0.4 is 10.6 Å². The van der Waals surface area contributed by atoms with Crippen LogP contribution in [0.25, 0.3) is 10.9 Å². The Hall–Kier alpha value is -3.61. The van der Waals surface area contributed by atoms with Crippen LogP contribution in [0.5, 0.6) is 0 Å². The molecule has 0 saturated carbocycles. The highest BCUT2D eigenvalue weighted by Gasteiger charge is 2.49. The van der Waals surface area contributed by atoms with Gasteiger partial charge < -0.3 is 20.5 Å². The molecular formula is C30H36N4O3. The first-order valence-corrected chi connectivity index (χ1v) is 13.5. The number of aromatic amines is 1. The lowest BCUT2D eigenvalue weighted by Crippen LogP contribution is -2.57. The predicted octanol–water partition coefficient (Wildman–Crippen LogP) is 4.48. The fourth-order valence-corrected chi connectivity index (χ4v) is 5.80. The SMILES string of the molecule is CCCCCCNC(=O)[C@H](NC(=O)[C@@H]1Cc2c([nH]c3ccccc23)[C@H]2c3ccccc3C(=O)N21)C(C)C. The average Bonchev–Trinajstić information content (AvgIpc) is 3.42. The van der Waals surface area contributed by atoms with Gasteiger partial charge in [-0.15, -0.1) is 0 Å². The van der Waals surface area contributed by atoms with Gasteiger partial charge in [-0.3, -0.25) is 14.4 Å². The summed E-state index contributed by atoms with van der Waals surface area (Å²) in [5, 5.41) is 7.08. The summed E-state index contributed by atoms with van der Waals surface area (Å²) in [5.74, 6) is -0.696. The van der Waals surface area contributed by atoms with Crippen LogP contribution in [0.4, 0.5) is 0 Å². The van der Waals surface area contributed by atoms with E-state index in [2.05, 4.69) is 28.6 Å². The Balaban J connectivity index is 1.44. The van der Waals surface area contributed by atoms with E-state index in [-0.39, 0.29) is 29.7 Å². The molecule has 0 fully saturated rings. The number of H-pyrrole nitrogens is 1. The fourth-order valence-electron chi connectivity index (χ4n) is 5.80. The molecule has 2 aromatic carbocycles. The minimum atomic E-state index is -0.713. The summed E-state index contributed by atoms with van der Waals surface area (Å²) in [6.45, 7) is 6.61. The number of carbonyl (C=O) groups is 3. The van der Waals surface area contributed by atoms with Gasteiger partial charge in [0.1, 0.15) is 12.1 Å². The van der Waals surface area contributed by atoms with Crippen molar-refractivity contribution < 1.29 is 14.4 Å². The maximum absolute atomic E-state index is 13.8. The van der Waals surface area contributed by atoms with Crippen molar-refractivity contribution in [2.45, 2.75) is 71.0 Å². The zero-order valence-corrected chi connectivity index (χ0v) is 21.8. The second kappa shape index (κ2) is 10.4. The number of nitrogens with zero attached hydrogens (tertiary/aromatic N) is 1. The maximum Gasteiger partial charge on any atom is 0.255 e. The smallest absolute Gasteiger partial charge is 0.255 e. The van der Waals surface area contributed by atoms with Crippen molar-refractivity contribution in [2.75, 3.05) is 6.54 Å². The Kier molecular flexibility index (Phi) is 7.04. The van der Waals surface area contributed by atoms with Gasteiger partial charge in [0.25, 0.3) is 5.91 Å². The van der Waals surface area contributed by atoms with Crippen molar-refractivity contribution in [3.63, 3.8) is 0 Å². The van der Waals surface area contributed by atoms with E-state index in [1.54, 1.807) is 4.90 Å². The third kappa shape index (κ3) is 4.52. The van der Waals surface area contributed by atoms with Crippen molar-refractivity contribution in [2.24, 2.45) is 5.92 Å². The van der Waals surface area contributed by atoms with Gasteiger partial charge in [-0.05, 0) is 35.6 Å². The van der Waals surface area contributed by atoms with Gasteiger partial charge in [0.15, 0.2) is 0 Å². The molecule has 3 atom stereocenters. The van der Waals surface area contributed by atoms with Crippen LogP contribution in [0.15, 0.2) is 48.5 Å². The molecule has 5 rings (SSSR count). The molecule has 2 aliphatic rings. The minimum Gasteiger partial charge on any atom is -0.356 e. The second-order valence-electron chi connectivity index (χ2n) is 10.6. The first-order chi connectivity index (χ1) is 17.9. The third-order valence-corrected chi connectivity index (χ3v) is 7.73. The van der Waals surface area contributed by atoms with E-state index in [9.17, 15) is 14.4 Å². The van der Waals surface area contributed by atoms with Crippen LogP contribution in [0.1, 0.15) is 79.7 Å². The lowest BCUT2D eigenvalue weighted by molar-refractivity contribution is -0.132. The number of fused-ring (bicyclic) bond motifs is 7. The molecule has 37 heavy (non-hydrogen) atoms. The number of aromatic nitrogens is 1. The van der Waals surface area contributed by atoms with E-state index < -0.39 is 12.1 Å². The summed E-state index contributed by atoms with van der Waals surface area (Å²) >= 11 is 0. The first kappa shape index (κ1) is 25.1. The van der Waals surface area contributed by atoms with Crippen LogP contribution >= 0.6 is 0 Å². The summed E-state index contributed by atoms with van der Waals surface area (Å²) in [7, 11) is 0. The molecule has 3 N–H and O–H groups in total. The summed E-state index contributed by atoms with van der Waals surface area (Å²) in [6, 6.07) is 13.9. The monoisotopic (exact) mass is 500 g/mol. The molecule has 2 aliphatic heterocycles. The quantitative estimate of drug-likeness (QED) is 0.378. The number of hydrogen-bond acceptors (Lipinski definition) is 3. The Bertz CT molecular complexity index is 1330. The van der Waals surface area contributed by atoms with Gasteiger partial charge in [-0.2, -0.15) is 0 Å². The van der Waals surface area contributed by atoms with Gasteiger partial charge >= 0.3 is 0 Å². The Morgan fingerprint density at radius 3 is 2.59 bits per heavy atom. The number of rotatable bonds is 9. The molecule has 7 nitrogen and oxygen atoms in total. The molecule has 0 aliphatic carbocycles. The second-order valence-corrected chi connectivity index (χ2v) is 10.6. The van der Waals surface area contributed by atoms with Crippen molar-refractivity contribution in [1.82, 2.24) is 20.5 Å². The highest BCUT2D eigenvalue weighted by molar-refractivity contribution is 6.04. The van der Waals surface area contributed by atoms with Crippen LogP contribution in [0, 0.1) is 5.92 Å². The average molecular weight is 501 g/mol. The van der Waals surface area contributed by atoms with E-state index in [0.717, 1.165) is 53.4 Å². The molecule has 7 heteroatoms. The number of carbonyl (C=O) groups excluding carboxylic acids is 3. The fraction of sp³-hybridized carbons (Fsp3) is 0.433. The zero-order valence-electron chi connectivity index (χ0n) is 21.8. The van der Waals surface area contributed by atoms with E-state index >= 15 is 0 Å². The van der Waals surface area contributed by atoms with E-state index in [1.807, 2.05) is 56.3 Å². The summed E-state index contributed by atoms with van der Waals surface area (Å²) < 4.78 is 0. The summed E-state index contributed by atoms with van der Waals surface area (Å²) in [6.07, 6.45) is 4.67. The number of amides is 3. The highest BCUT2D eigenvalue weighted by atomic mass is 16.2. The molecule has 0 radical (unpaired) electrons. The molecular weight excluding hydrogens is 464 g/mol. The molecule has 0 bridgehead atoms. The number of para-hydroxylation sites is 1. The number of hydrogen-bond donors (Lipinski definition) is 3. The lowest BCUT2D eigenvalue weighted by atomic mass is 9.89. The first-order valence-electron chi connectivity index (χ1n) is 13.5. The Morgan fingerprint density at radius 2 is 1.81 bits per heavy atom. The molecule has 1 aromatic heterocycles. The van der Waals surface area contributed by atoms with Gasteiger partial charge in [-0.1, -0.05) is 76.4 Å². The number of benzene rings is 2. The molecule has 194 valence electrons. The zero-order chi connectivity index (χ0) is 26.1. The van der Waals surface area contributed by atoms with Gasteiger partial charge in [0, 0.05) is 35.1 Å². The molecule has 3 aromatic rings. The van der Waals surface area contributed by atoms with Crippen molar-refractivity contribution in [1.29, 1.82) is 0 Å². The summed E-state index contributed by atoms with van der Waals surface area (Å²) in [5.41, 5.74) is 4.55. The van der Waals surface area contributed by atoms with Crippen molar-refractivity contribution in [3.05, 3.63) is 70.9 Å². The maximum atomic E-state index is 13.8. The van der Waals surface area contributed by atoms with Crippen LogP contribution in [0.2, 0.25) is 0 Å². The van der Waals surface area contributed by atoms with Crippen molar-refractivity contribution in [3.8, 4) is 0 Å². The van der Waals surface area contributed by atoms with Crippen LogP contribution in [-0.4, -0.2) is 46.2 Å². The van der Waals surface area contributed by atoms with Crippen LogP contribution in [-0.2, 0) is 16.0 Å². The molecule has 0 spiro atoms. The molecule has 0 unspecified atom stereocenters. The van der Waals surface area contributed by atoms with E-state index in [4.69, 9.17) is 0 Å². The van der Waals surface area contributed by atoms with Crippen molar-refractivity contribution >= 4 is 28.6 Å². The standard InChI is InChI=1S/C30H36N4O3/c1-4-5-6-11-16-31-29(36)25(18(2)3)33-28(35)24-17-22-19-12-9-10-15-23(19)32-26(22)27-20-13-7-8-14-21(20)30(37)34(24)27/h7-10,12-15,18,24-25,27,32H,4-6,11,16-17H2,1-3H3,(H,31,36)(H,33,35)/t24-,25+,27+/m0/s1. The lowest BCUT2D eigenvalue weighted by Gasteiger charge is -2.38. The molecule has 3 amide bonds. The van der Waals surface area contributed by atoms with E-state index in [0.29, 0.717) is 18.5 Å². The largest absolute Gasteiger partial charge is 0.356 e. The van der Waals surface area contributed by atoms with Gasteiger partial charge in [0.05, 0.1) is 6.04 Å². The number of unbranched alkanes of at least 4 members (excludes halogenated alkanes) is 3. The third-order valence-electron chi connectivity index (χ3n) is 7.73. The van der Waals surface area contributed by atoms with Crippen LogP contribution in [0.3, 0.4) is 0 Å².